The van der Waals surface area contributed by atoms with E-state index in [0.717, 1.165) is 16.7 Å². The highest BCUT2D eigenvalue weighted by Gasteiger charge is 2.36. The van der Waals surface area contributed by atoms with E-state index in [-0.39, 0.29) is 5.56 Å². The molecule has 1 aromatic heterocycles. The van der Waals surface area contributed by atoms with Gasteiger partial charge in [-0.3, -0.25) is 0 Å². The number of pyridine rings is 1. The third-order valence-corrected chi connectivity index (χ3v) is 4.95. The van der Waals surface area contributed by atoms with Gasteiger partial charge in [-0.25, -0.2) is 9.78 Å². The van der Waals surface area contributed by atoms with E-state index in [1.54, 1.807) is 12.1 Å². The number of rotatable bonds is 6. The maximum absolute atomic E-state index is 11.2. The molecule has 4 nitrogen and oxygen atoms in total. The van der Waals surface area contributed by atoms with E-state index < -0.39 is 11.5 Å². The molecule has 0 saturated heterocycles. The Kier molecular flexibility index (Phi) is 5.08. The number of nitrogens with zero attached hydrogens (tertiary/aromatic N) is 1. The van der Waals surface area contributed by atoms with Crippen molar-refractivity contribution >= 4 is 11.8 Å². The fourth-order valence-electron chi connectivity index (χ4n) is 3.57. The molecule has 0 spiro atoms. The summed E-state index contributed by atoms with van der Waals surface area (Å²) in [5, 5.41) is 12.8. The van der Waals surface area contributed by atoms with Gasteiger partial charge in [0.1, 0.15) is 11.4 Å². The number of benzene rings is 3. The molecule has 0 unspecified atom stereocenters. The zero-order valence-electron chi connectivity index (χ0n) is 15.7. The molecule has 4 aromatic rings. The van der Waals surface area contributed by atoms with Gasteiger partial charge in [-0.2, -0.15) is 0 Å². The molecule has 142 valence electrons. The molecule has 2 N–H and O–H groups in total. The molecule has 4 heteroatoms. The van der Waals surface area contributed by atoms with Crippen LogP contribution in [0.4, 0.5) is 5.82 Å². The number of carboxylic acid groups (broad SMARTS) is 1. The lowest BCUT2D eigenvalue weighted by Gasteiger charge is -2.37. The molecule has 1 heterocycles. The second kappa shape index (κ2) is 7.98. The summed E-state index contributed by atoms with van der Waals surface area (Å²) in [6.07, 6.45) is 1.37. The highest BCUT2D eigenvalue weighted by atomic mass is 16.4. The van der Waals surface area contributed by atoms with Crippen molar-refractivity contribution in [3.05, 3.63) is 132 Å². The molecule has 0 saturated carbocycles. The standard InChI is InChI=1S/C25H20N2O2/c28-24(29)19-16-17-23(26-18-19)27-25(20-10-4-1-5-11-20,21-12-6-2-7-13-21)22-14-8-3-9-15-22/h1-18H,(H,26,27)(H,28,29). The van der Waals surface area contributed by atoms with Gasteiger partial charge in [-0.1, -0.05) is 91.0 Å². The van der Waals surface area contributed by atoms with E-state index >= 15 is 0 Å². The number of carboxylic acids is 1. The van der Waals surface area contributed by atoms with Crippen molar-refractivity contribution in [1.29, 1.82) is 0 Å². The van der Waals surface area contributed by atoms with Crippen molar-refractivity contribution < 1.29 is 9.90 Å². The first-order valence-electron chi connectivity index (χ1n) is 9.34. The quantitative estimate of drug-likeness (QED) is 0.452. The molecule has 0 aliphatic rings. The van der Waals surface area contributed by atoms with Gasteiger partial charge in [0, 0.05) is 6.20 Å². The third-order valence-electron chi connectivity index (χ3n) is 4.95. The lowest BCUT2D eigenvalue weighted by atomic mass is 9.77. The first-order valence-corrected chi connectivity index (χ1v) is 9.34. The Labute approximate surface area is 169 Å². The smallest absolute Gasteiger partial charge is 0.337 e. The summed E-state index contributed by atoms with van der Waals surface area (Å²) in [4.78, 5) is 15.6. The van der Waals surface area contributed by atoms with Crippen LogP contribution in [-0.2, 0) is 5.54 Å². The van der Waals surface area contributed by atoms with Crippen LogP contribution in [0.2, 0.25) is 0 Å². The van der Waals surface area contributed by atoms with Crippen LogP contribution in [0.5, 0.6) is 0 Å². The monoisotopic (exact) mass is 380 g/mol. The van der Waals surface area contributed by atoms with Crippen molar-refractivity contribution in [3.8, 4) is 0 Å². The molecule has 0 fully saturated rings. The Morgan fingerprint density at radius 1 is 0.690 bits per heavy atom. The first kappa shape index (κ1) is 18.4. The van der Waals surface area contributed by atoms with Crippen LogP contribution in [0.25, 0.3) is 0 Å². The van der Waals surface area contributed by atoms with Crippen LogP contribution < -0.4 is 5.32 Å². The van der Waals surface area contributed by atoms with Crippen LogP contribution in [0.3, 0.4) is 0 Å². The lowest BCUT2D eigenvalue weighted by molar-refractivity contribution is 0.0696. The zero-order valence-corrected chi connectivity index (χ0v) is 15.7. The fraction of sp³-hybridized carbons (Fsp3) is 0.0400. The molecule has 0 aliphatic heterocycles. The molecular formula is C25H20N2O2. The van der Waals surface area contributed by atoms with E-state index in [2.05, 4.69) is 46.7 Å². The summed E-state index contributed by atoms with van der Waals surface area (Å²) in [5.74, 6) is -0.406. The van der Waals surface area contributed by atoms with Crippen LogP contribution in [-0.4, -0.2) is 16.1 Å². The summed E-state index contributed by atoms with van der Waals surface area (Å²) < 4.78 is 0. The number of aromatic nitrogens is 1. The van der Waals surface area contributed by atoms with Crippen LogP contribution in [0.1, 0.15) is 27.0 Å². The molecule has 0 atom stereocenters. The van der Waals surface area contributed by atoms with E-state index in [1.807, 2.05) is 54.6 Å². The Morgan fingerprint density at radius 3 is 1.48 bits per heavy atom. The van der Waals surface area contributed by atoms with Gasteiger partial charge in [-0.05, 0) is 28.8 Å². The van der Waals surface area contributed by atoms with E-state index in [4.69, 9.17) is 0 Å². The number of hydrogen-bond donors (Lipinski definition) is 2. The maximum Gasteiger partial charge on any atom is 0.337 e. The first-order chi connectivity index (χ1) is 14.2. The lowest BCUT2D eigenvalue weighted by Crippen LogP contribution is -2.38. The van der Waals surface area contributed by atoms with Crippen molar-refractivity contribution in [2.75, 3.05) is 5.32 Å². The van der Waals surface area contributed by atoms with Gasteiger partial charge < -0.3 is 10.4 Å². The van der Waals surface area contributed by atoms with Crippen molar-refractivity contribution in [2.45, 2.75) is 5.54 Å². The van der Waals surface area contributed by atoms with Crippen LogP contribution in [0.15, 0.2) is 109 Å². The summed E-state index contributed by atoms with van der Waals surface area (Å²) in [5.41, 5.74) is 2.63. The topological polar surface area (TPSA) is 62.2 Å². The summed E-state index contributed by atoms with van der Waals surface area (Å²) >= 11 is 0. The second-order valence-electron chi connectivity index (χ2n) is 6.71. The average molecular weight is 380 g/mol. The van der Waals surface area contributed by atoms with Gasteiger partial charge in [0.25, 0.3) is 0 Å². The minimum atomic E-state index is -0.996. The van der Waals surface area contributed by atoms with Crippen molar-refractivity contribution in [1.82, 2.24) is 4.98 Å². The maximum atomic E-state index is 11.2. The highest BCUT2D eigenvalue weighted by Crippen LogP contribution is 2.39. The molecular weight excluding hydrogens is 360 g/mol. The molecule has 4 rings (SSSR count). The minimum absolute atomic E-state index is 0.153. The van der Waals surface area contributed by atoms with Crippen molar-refractivity contribution in [3.63, 3.8) is 0 Å². The summed E-state index contributed by atoms with van der Waals surface area (Å²) in [7, 11) is 0. The van der Waals surface area contributed by atoms with E-state index in [0.29, 0.717) is 5.82 Å². The summed E-state index contributed by atoms with van der Waals surface area (Å²) in [6.45, 7) is 0. The van der Waals surface area contributed by atoms with Gasteiger partial charge in [0.05, 0.1) is 5.56 Å². The van der Waals surface area contributed by atoms with Crippen molar-refractivity contribution in [2.24, 2.45) is 0 Å². The molecule has 29 heavy (non-hydrogen) atoms. The molecule has 3 aromatic carbocycles. The number of anilines is 1. The van der Waals surface area contributed by atoms with Gasteiger partial charge >= 0.3 is 5.97 Å². The Balaban J connectivity index is 1.93. The van der Waals surface area contributed by atoms with Gasteiger partial charge in [0.15, 0.2) is 0 Å². The largest absolute Gasteiger partial charge is 0.478 e. The Hall–Kier alpha value is -3.92. The number of hydrogen-bond acceptors (Lipinski definition) is 3. The summed E-state index contributed by atoms with van der Waals surface area (Å²) in [6, 6.07) is 33.8. The van der Waals surface area contributed by atoms with Crippen LogP contribution >= 0.6 is 0 Å². The third kappa shape index (κ3) is 3.60. The molecule has 0 radical (unpaired) electrons. The molecule has 0 aliphatic carbocycles. The molecule has 0 amide bonds. The predicted molar refractivity (Wildman–Crippen MR) is 114 cm³/mol. The minimum Gasteiger partial charge on any atom is -0.478 e. The van der Waals surface area contributed by atoms with Crippen LogP contribution in [0, 0.1) is 0 Å². The predicted octanol–water partition coefficient (Wildman–Crippen LogP) is 5.18. The SMILES string of the molecule is O=C(O)c1ccc(NC(c2ccccc2)(c2ccccc2)c2ccccc2)nc1. The fourth-order valence-corrected chi connectivity index (χ4v) is 3.57. The highest BCUT2D eigenvalue weighted by molar-refractivity contribution is 5.87. The van der Waals surface area contributed by atoms with Gasteiger partial charge in [-0.15, -0.1) is 0 Å². The number of aromatic carboxylic acids is 1. The number of nitrogens with one attached hydrogen (secondary N) is 1. The van der Waals surface area contributed by atoms with Gasteiger partial charge in [0.2, 0.25) is 0 Å². The van der Waals surface area contributed by atoms with E-state index in [1.165, 1.54) is 6.20 Å². The van der Waals surface area contributed by atoms with E-state index in [9.17, 15) is 9.90 Å². The Bertz CT molecular complexity index is 983. The average Bonchev–Trinajstić information content (AvgIpc) is 2.79. The Morgan fingerprint density at radius 2 is 1.14 bits per heavy atom. The zero-order chi connectivity index (χ0) is 20.1. The molecule has 0 bridgehead atoms. The second-order valence-corrected chi connectivity index (χ2v) is 6.71. The normalized spacial score (nSPS) is 11.0. The number of carbonyl (C=O) groups is 1.